The van der Waals surface area contributed by atoms with Crippen LogP contribution in [-0.2, 0) is 16.0 Å². The van der Waals surface area contributed by atoms with Crippen LogP contribution in [-0.4, -0.2) is 72.0 Å². The molecular formula is C43H41Cl2F3N10O2S2. The van der Waals surface area contributed by atoms with Crippen LogP contribution in [0.5, 0.6) is 0 Å². The van der Waals surface area contributed by atoms with Gasteiger partial charge in [-0.3, -0.25) is 28.7 Å². The minimum atomic E-state index is -5.07. The number of halogens is 5. The fraction of sp³-hybridized carbons (Fsp3) is 0.349. The van der Waals surface area contributed by atoms with Crippen molar-refractivity contribution in [3.8, 4) is 10.0 Å². The van der Waals surface area contributed by atoms with Gasteiger partial charge in [-0.25, -0.2) is 0 Å². The van der Waals surface area contributed by atoms with Gasteiger partial charge in [0.2, 0.25) is 5.91 Å². The normalized spacial score (nSPS) is 16.0. The van der Waals surface area contributed by atoms with Crippen LogP contribution in [0.15, 0.2) is 58.5 Å². The van der Waals surface area contributed by atoms with Crippen molar-refractivity contribution in [2.24, 2.45) is 15.4 Å². The topological polar surface area (TPSA) is 144 Å². The van der Waals surface area contributed by atoms with Gasteiger partial charge in [-0.15, -0.1) is 43.1 Å². The van der Waals surface area contributed by atoms with E-state index in [0.717, 1.165) is 59.1 Å². The van der Waals surface area contributed by atoms with Crippen LogP contribution < -0.4 is 10.6 Å². The highest BCUT2D eigenvalue weighted by molar-refractivity contribution is 7.15. The highest BCUT2D eigenvalue weighted by Gasteiger charge is 2.40. The fourth-order valence-corrected chi connectivity index (χ4v) is 10.5. The summed E-state index contributed by atoms with van der Waals surface area (Å²) < 4.78 is 43.6. The zero-order valence-corrected chi connectivity index (χ0v) is 37.8. The molecule has 6 aromatic rings. The molecule has 1 unspecified atom stereocenters. The molecule has 2 atom stereocenters. The minimum Gasteiger partial charge on any atom is -0.353 e. The van der Waals surface area contributed by atoms with Gasteiger partial charge in [-0.2, -0.15) is 13.2 Å². The number of hydrogen-bond donors (Lipinski definition) is 2. The molecule has 0 aliphatic carbocycles. The largest absolute Gasteiger partial charge is 0.471 e. The highest BCUT2D eigenvalue weighted by atomic mass is 35.5. The molecule has 0 spiro atoms. The molecule has 2 aliphatic rings. The summed E-state index contributed by atoms with van der Waals surface area (Å²) in [4.78, 5) is 38.5. The molecule has 322 valence electrons. The average molecular weight is 922 g/mol. The first-order valence-electron chi connectivity index (χ1n) is 19.7. The highest BCUT2D eigenvalue weighted by Crippen LogP contribution is 2.42. The predicted octanol–water partition coefficient (Wildman–Crippen LogP) is 9.06. The second-order valence-corrected chi connectivity index (χ2v) is 19.1. The van der Waals surface area contributed by atoms with E-state index in [1.54, 1.807) is 47.1 Å². The molecule has 2 aliphatic heterocycles. The molecule has 0 saturated carbocycles. The molecule has 4 aromatic heterocycles. The number of amides is 2. The summed E-state index contributed by atoms with van der Waals surface area (Å²) in [5.74, 6) is -0.0883. The van der Waals surface area contributed by atoms with Crippen LogP contribution in [0.3, 0.4) is 0 Å². The van der Waals surface area contributed by atoms with Crippen molar-refractivity contribution in [1.29, 1.82) is 0 Å². The number of nitrogens with one attached hydrogen (secondary N) is 2. The third-order valence-electron chi connectivity index (χ3n) is 11.3. The summed E-state index contributed by atoms with van der Waals surface area (Å²) in [7, 11) is 0. The van der Waals surface area contributed by atoms with E-state index in [-0.39, 0.29) is 18.3 Å². The number of aliphatic imine (C=N–C) groups is 2. The van der Waals surface area contributed by atoms with E-state index in [0.29, 0.717) is 45.8 Å². The van der Waals surface area contributed by atoms with E-state index in [4.69, 9.17) is 33.2 Å². The number of carbonyl (C=O) groups excluding carboxylic acids is 2. The Morgan fingerprint density at radius 2 is 1.13 bits per heavy atom. The van der Waals surface area contributed by atoms with Crippen LogP contribution in [0.25, 0.3) is 10.0 Å². The molecule has 12 nitrogen and oxygen atoms in total. The Hall–Kier alpha value is -5.23. The van der Waals surface area contributed by atoms with Gasteiger partial charge in [0.1, 0.15) is 33.7 Å². The lowest BCUT2D eigenvalue weighted by Gasteiger charge is -2.24. The summed E-state index contributed by atoms with van der Waals surface area (Å²) in [6.07, 6.45) is -4.07. The number of alkyl halides is 3. The molecule has 0 saturated heterocycles. The van der Waals surface area contributed by atoms with Crippen LogP contribution in [0.1, 0.15) is 98.8 Å². The summed E-state index contributed by atoms with van der Waals surface area (Å²) in [6, 6.07) is 13.1. The predicted molar refractivity (Wildman–Crippen MR) is 236 cm³/mol. The van der Waals surface area contributed by atoms with Gasteiger partial charge in [0, 0.05) is 60.6 Å². The smallest absolute Gasteiger partial charge is 0.353 e. The maximum atomic E-state index is 14.2. The molecule has 0 radical (unpaired) electrons. The molecule has 6 heterocycles. The summed E-state index contributed by atoms with van der Waals surface area (Å²) in [5.41, 5.74) is 5.81. The Bertz CT molecular complexity index is 2800. The van der Waals surface area contributed by atoms with Crippen molar-refractivity contribution in [3.63, 3.8) is 0 Å². The first-order chi connectivity index (χ1) is 29.3. The van der Waals surface area contributed by atoms with Crippen LogP contribution in [0, 0.1) is 40.0 Å². The summed E-state index contributed by atoms with van der Waals surface area (Å²) in [6.45, 7) is 13.3. The minimum absolute atomic E-state index is 0.158. The summed E-state index contributed by atoms with van der Waals surface area (Å²) >= 11 is 15.7. The number of aryl methyl sites for hydroxylation is 4. The fourth-order valence-electron chi connectivity index (χ4n) is 7.70. The molecule has 62 heavy (non-hydrogen) atoms. The van der Waals surface area contributed by atoms with E-state index in [1.165, 1.54) is 11.3 Å². The Balaban J connectivity index is 1.08. The van der Waals surface area contributed by atoms with Gasteiger partial charge in [0.05, 0.1) is 11.4 Å². The quantitative estimate of drug-likeness (QED) is 0.140. The van der Waals surface area contributed by atoms with Crippen molar-refractivity contribution < 1.29 is 22.8 Å². The van der Waals surface area contributed by atoms with Crippen molar-refractivity contribution in [2.75, 3.05) is 13.1 Å². The van der Waals surface area contributed by atoms with Gasteiger partial charge >= 0.3 is 12.1 Å². The average Bonchev–Trinajstić information content (AvgIpc) is 3.92. The maximum absolute atomic E-state index is 14.2. The number of thiophene rings is 2. The standard InChI is InChI=1S/C43H41Cl2F3N10O2S2/c1-20-22(3)61-38-32(20)34(25-8-12-27(44)13-9-25)51-29(36-55-53-23(4)57(36)38)18-49-40(59)42(6,7)17-16-31-21(2)33-35(26-10-14-28(45)15-11-26)52-30(19-50-41(60)43(46,47)48)37-56-54-24(5)58(37)39(33)62-31/h8-15,29-30H,16-19H2,1-7H3,(H,49,59)(H,50,60)/t29-,30?/m1/s1. The van der Waals surface area contributed by atoms with Crippen LogP contribution >= 0.6 is 45.9 Å². The zero-order chi connectivity index (χ0) is 44.4. The van der Waals surface area contributed by atoms with Gasteiger partial charge in [0.25, 0.3) is 0 Å². The van der Waals surface area contributed by atoms with Crippen molar-refractivity contribution in [3.05, 3.63) is 125 Å². The van der Waals surface area contributed by atoms with E-state index in [9.17, 15) is 22.8 Å². The van der Waals surface area contributed by atoms with Crippen molar-refractivity contribution in [2.45, 2.75) is 79.6 Å². The van der Waals surface area contributed by atoms with Crippen LogP contribution in [0.4, 0.5) is 13.2 Å². The second kappa shape index (κ2) is 16.5. The molecule has 0 fully saturated rings. The first kappa shape index (κ1) is 43.4. The molecule has 2 N–H and O–H groups in total. The second-order valence-electron chi connectivity index (χ2n) is 16.0. The molecule has 8 rings (SSSR count). The number of carbonyl (C=O) groups is 2. The van der Waals surface area contributed by atoms with E-state index < -0.39 is 36.1 Å². The Kier molecular flexibility index (Phi) is 11.5. The third kappa shape index (κ3) is 7.99. The number of benzene rings is 2. The lowest BCUT2D eigenvalue weighted by atomic mass is 9.85. The molecular weight excluding hydrogens is 881 g/mol. The van der Waals surface area contributed by atoms with Gasteiger partial charge in [-0.05, 0) is 82.9 Å². The van der Waals surface area contributed by atoms with Gasteiger partial charge < -0.3 is 10.6 Å². The monoisotopic (exact) mass is 920 g/mol. The lowest BCUT2D eigenvalue weighted by Crippen LogP contribution is -2.39. The number of aromatic nitrogens is 6. The Labute approximate surface area is 373 Å². The van der Waals surface area contributed by atoms with Crippen molar-refractivity contribution >= 4 is 69.1 Å². The zero-order valence-electron chi connectivity index (χ0n) is 34.7. The van der Waals surface area contributed by atoms with E-state index in [1.807, 2.05) is 61.8 Å². The molecule has 2 aromatic carbocycles. The number of nitrogens with zero attached hydrogens (tertiary/aromatic N) is 8. The van der Waals surface area contributed by atoms with E-state index >= 15 is 0 Å². The first-order valence-corrected chi connectivity index (χ1v) is 22.1. The van der Waals surface area contributed by atoms with Gasteiger partial charge in [0.15, 0.2) is 11.6 Å². The van der Waals surface area contributed by atoms with Gasteiger partial charge in [-0.1, -0.05) is 61.3 Å². The number of hydrogen-bond acceptors (Lipinski definition) is 10. The number of fused-ring (bicyclic) bond motifs is 6. The summed E-state index contributed by atoms with van der Waals surface area (Å²) in [5, 5.41) is 25.6. The Morgan fingerprint density at radius 1 is 0.677 bits per heavy atom. The maximum Gasteiger partial charge on any atom is 0.471 e. The van der Waals surface area contributed by atoms with Crippen LogP contribution in [0.2, 0.25) is 10.0 Å². The SMILES string of the molecule is Cc1sc2c(c1C)C(c1ccc(Cl)cc1)=N[C@H](CNC(=O)C(C)(C)CCc1sc3c(c1C)C(c1ccc(Cl)cc1)=NC(CNC(=O)C(F)(F)F)c1nnc(C)n1-3)c1nnc(C)n1-2. The molecule has 0 bridgehead atoms. The van der Waals surface area contributed by atoms with Crippen molar-refractivity contribution in [1.82, 2.24) is 40.2 Å². The Morgan fingerprint density at radius 3 is 1.61 bits per heavy atom. The third-order valence-corrected chi connectivity index (χ3v) is 14.4. The molecule has 19 heteroatoms. The number of rotatable bonds is 10. The lowest BCUT2D eigenvalue weighted by molar-refractivity contribution is -0.173. The van der Waals surface area contributed by atoms with E-state index in [2.05, 4.69) is 39.6 Å². The molecule has 2 amide bonds.